The Morgan fingerprint density at radius 2 is 2.36 bits per heavy atom. The van der Waals surface area contributed by atoms with Crippen LogP contribution in [0.4, 0.5) is 0 Å². The van der Waals surface area contributed by atoms with Gasteiger partial charge in [0.1, 0.15) is 16.9 Å². The summed E-state index contributed by atoms with van der Waals surface area (Å²) in [4.78, 5) is 8.21. The van der Waals surface area contributed by atoms with Gasteiger partial charge in [-0.25, -0.2) is 9.97 Å². The van der Waals surface area contributed by atoms with Crippen molar-refractivity contribution in [1.29, 1.82) is 0 Å². The average molecular weight is 166 g/mol. The van der Waals surface area contributed by atoms with Crippen molar-refractivity contribution in [1.82, 2.24) is 20.2 Å². The monoisotopic (exact) mass is 166 g/mol. The molecule has 0 atom stereocenters. The molecule has 0 spiro atoms. The Hall–Kier alpha value is -1.10. The summed E-state index contributed by atoms with van der Waals surface area (Å²) in [5, 5.41) is 6.60. The molecule has 5 heteroatoms. The third-order valence-corrected chi connectivity index (χ3v) is 1.66. The number of hydrogen-bond acceptors (Lipinski definition) is 4. The number of fused-ring (bicyclic) bond motifs is 1. The van der Waals surface area contributed by atoms with Crippen LogP contribution in [0.15, 0.2) is 12.4 Å². The van der Waals surface area contributed by atoms with Gasteiger partial charge in [0.15, 0.2) is 0 Å². The maximum atomic E-state index is 4.17. The van der Waals surface area contributed by atoms with E-state index in [0.29, 0.717) is 5.75 Å². The highest BCUT2D eigenvalue weighted by Gasteiger charge is 1.97. The molecule has 1 N–H and O–H groups in total. The molecule has 0 fully saturated rings. The Morgan fingerprint density at radius 3 is 3.18 bits per heavy atom. The maximum Gasteiger partial charge on any atom is 0.138 e. The fourth-order valence-electron chi connectivity index (χ4n) is 0.857. The average Bonchev–Trinajstić information content (AvgIpc) is 2.50. The summed E-state index contributed by atoms with van der Waals surface area (Å²) in [6, 6.07) is 0. The molecule has 4 nitrogen and oxygen atoms in total. The topological polar surface area (TPSA) is 54.5 Å². The van der Waals surface area contributed by atoms with Gasteiger partial charge in [-0.3, -0.25) is 5.10 Å². The number of nitrogens with zero attached hydrogens (tertiary/aromatic N) is 3. The van der Waals surface area contributed by atoms with E-state index in [4.69, 9.17) is 0 Å². The van der Waals surface area contributed by atoms with Crippen LogP contribution in [-0.2, 0) is 5.75 Å². The molecular formula is C6H6N4S. The van der Waals surface area contributed by atoms with Crippen LogP contribution in [0.1, 0.15) is 5.82 Å². The Labute approximate surface area is 68.5 Å². The number of aromatic amines is 1. The minimum Gasteiger partial charge on any atom is -0.275 e. The van der Waals surface area contributed by atoms with Gasteiger partial charge in [-0.15, -0.1) is 0 Å². The molecule has 0 saturated heterocycles. The summed E-state index contributed by atoms with van der Waals surface area (Å²) in [7, 11) is 0. The van der Waals surface area contributed by atoms with Crippen LogP contribution < -0.4 is 0 Å². The van der Waals surface area contributed by atoms with Gasteiger partial charge in [0, 0.05) is 0 Å². The van der Waals surface area contributed by atoms with Gasteiger partial charge in [0.2, 0.25) is 0 Å². The number of rotatable bonds is 1. The van der Waals surface area contributed by atoms with Crippen molar-refractivity contribution in [3.05, 3.63) is 18.2 Å². The lowest BCUT2D eigenvalue weighted by Gasteiger charge is -1.91. The highest BCUT2D eigenvalue weighted by Crippen LogP contribution is 2.05. The summed E-state index contributed by atoms with van der Waals surface area (Å²) < 4.78 is 0. The molecule has 2 aromatic rings. The van der Waals surface area contributed by atoms with E-state index in [-0.39, 0.29) is 0 Å². The van der Waals surface area contributed by atoms with E-state index in [1.807, 2.05) is 0 Å². The molecule has 11 heavy (non-hydrogen) atoms. The van der Waals surface area contributed by atoms with E-state index in [0.717, 1.165) is 16.9 Å². The van der Waals surface area contributed by atoms with Crippen LogP contribution in [0.3, 0.4) is 0 Å². The lowest BCUT2D eigenvalue weighted by Crippen LogP contribution is -1.89. The van der Waals surface area contributed by atoms with Crippen molar-refractivity contribution in [2.24, 2.45) is 0 Å². The second kappa shape index (κ2) is 2.50. The normalized spacial score (nSPS) is 10.6. The quantitative estimate of drug-likeness (QED) is 0.615. The lowest BCUT2D eigenvalue weighted by molar-refractivity contribution is 1.07. The van der Waals surface area contributed by atoms with Gasteiger partial charge in [0.25, 0.3) is 0 Å². The predicted octanol–water partition coefficient (Wildman–Crippen LogP) is 0.783. The Morgan fingerprint density at radius 1 is 1.45 bits per heavy atom. The van der Waals surface area contributed by atoms with Crippen molar-refractivity contribution in [2.45, 2.75) is 5.75 Å². The van der Waals surface area contributed by atoms with Crippen LogP contribution in [0.2, 0.25) is 0 Å². The number of H-pyrrole nitrogens is 1. The summed E-state index contributed by atoms with van der Waals surface area (Å²) >= 11 is 4.06. The molecule has 2 aromatic heterocycles. The smallest absolute Gasteiger partial charge is 0.138 e. The number of nitrogens with one attached hydrogen (secondary N) is 1. The molecule has 56 valence electrons. The van der Waals surface area contributed by atoms with Crippen molar-refractivity contribution >= 4 is 23.7 Å². The first-order chi connectivity index (χ1) is 5.40. The zero-order chi connectivity index (χ0) is 7.68. The molecule has 0 amide bonds. The van der Waals surface area contributed by atoms with Gasteiger partial charge < -0.3 is 0 Å². The molecule has 2 heterocycles. The molecule has 0 aliphatic carbocycles. The lowest BCUT2D eigenvalue weighted by atomic mass is 10.5. The zero-order valence-electron chi connectivity index (χ0n) is 5.65. The van der Waals surface area contributed by atoms with Crippen molar-refractivity contribution in [3.8, 4) is 0 Å². The van der Waals surface area contributed by atoms with Gasteiger partial charge in [-0.1, -0.05) is 0 Å². The molecule has 0 unspecified atom stereocenters. The van der Waals surface area contributed by atoms with Crippen LogP contribution in [0.5, 0.6) is 0 Å². The molecule has 0 saturated carbocycles. The molecule has 2 rings (SSSR count). The Balaban J connectivity index is 2.67. The zero-order valence-corrected chi connectivity index (χ0v) is 6.55. The largest absolute Gasteiger partial charge is 0.275 e. The summed E-state index contributed by atoms with van der Waals surface area (Å²) in [6.07, 6.45) is 3.38. The number of aromatic nitrogens is 4. The molecule has 0 aliphatic rings. The molecule has 0 radical (unpaired) electrons. The SMILES string of the molecule is SCc1ncc2[nH]ncc2n1. The molecule has 0 aromatic carbocycles. The summed E-state index contributed by atoms with van der Waals surface area (Å²) in [5.41, 5.74) is 1.69. The van der Waals surface area contributed by atoms with Gasteiger partial charge >= 0.3 is 0 Å². The molecule has 0 aliphatic heterocycles. The first-order valence-corrected chi connectivity index (χ1v) is 3.79. The second-order valence-electron chi connectivity index (χ2n) is 2.11. The maximum absolute atomic E-state index is 4.17. The first kappa shape index (κ1) is 6.60. The summed E-state index contributed by atoms with van der Waals surface area (Å²) in [5.74, 6) is 1.28. The Bertz CT molecular complexity index is 369. The van der Waals surface area contributed by atoms with E-state index in [2.05, 4.69) is 32.8 Å². The highest BCUT2D eigenvalue weighted by atomic mass is 32.1. The van der Waals surface area contributed by atoms with Crippen molar-refractivity contribution in [3.63, 3.8) is 0 Å². The highest BCUT2D eigenvalue weighted by molar-refractivity contribution is 7.79. The molecular weight excluding hydrogens is 160 g/mol. The van der Waals surface area contributed by atoms with Crippen LogP contribution in [-0.4, -0.2) is 20.2 Å². The van der Waals surface area contributed by atoms with E-state index in [9.17, 15) is 0 Å². The van der Waals surface area contributed by atoms with Crippen molar-refractivity contribution in [2.75, 3.05) is 0 Å². The number of thiol groups is 1. The fourth-order valence-corrected chi connectivity index (χ4v) is 1.01. The van der Waals surface area contributed by atoms with E-state index in [1.165, 1.54) is 0 Å². The fraction of sp³-hybridized carbons (Fsp3) is 0.167. The van der Waals surface area contributed by atoms with Crippen LogP contribution in [0, 0.1) is 0 Å². The van der Waals surface area contributed by atoms with Gasteiger partial charge in [-0.2, -0.15) is 17.7 Å². The first-order valence-electron chi connectivity index (χ1n) is 3.16. The Kier molecular flexibility index (Phi) is 1.50. The van der Waals surface area contributed by atoms with E-state index in [1.54, 1.807) is 12.4 Å². The number of hydrogen-bond donors (Lipinski definition) is 2. The summed E-state index contributed by atoms with van der Waals surface area (Å²) in [6.45, 7) is 0. The predicted molar refractivity (Wildman–Crippen MR) is 44.4 cm³/mol. The third-order valence-electron chi connectivity index (χ3n) is 1.38. The van der Waals surface area contributed by atoms with Crippen molar-refractivity contribution < 1.29 is 0 Å². The standard InChI is InChI=1S/C6H6N4S/c11-3-6-7-1-5-4(9-6)2-8-10-5/h1-2,11H,3H2,(H,8,10). The van der Waals surface area contributed by atoms with Crippen LogP contribution in [0.25, 0.3) is 11.0 Å². The van der Waals surface area contributed by atoms with Gasteiger partial charge in [0.05, 0.1) is 18.1 Å². The molecule has 0 bridgehead atoms. The minimum absolute atomic E-state index is 0.557. The van der Waals surface area contributed by atoms with Gasteiger partial charge in [-0.05, 0) is 0 Å². The van der Waals surface area contributed by atoms with E-state index >= 15 is 0 Å². The van der Waals surface area contributed by atoms with E-state index < -0.39 is 0 Å². The second-order valence-corrected chi connectivity index (χ2v) is 2.43. The third kappa shape index (κ3) is 1.07. The minimum atomic E-state index is 0.557. The van der Waals surface area contributed by atoms with Crippen LogP contribution >= 0.6 is 12.6 Å².